The van der Waals surface area contributed by atoms with Gasteiger partial charge in [-0.05, 0) is 25.8 Å². The van der Waals surface area contributed by atoms with Crippen molar-refractivity contribution in [1.29, 1.82) is 0 Å². The number of Topliss-reactive ketones (excluding diaryl/α,β-unsaturated/α-hetero) is 1. The normalized spacial score (nSPS) is 17.7. The molecule has 9 nitrogen and oxygen atoms in total. The van der Waals surface area contributed by atoms with Crippen LogP contribution in [0.1, 0.15) is 55.4 Å². The average molecular weight is 570 g/mol. The Balaban J connectivity index is 2.25. The van der Waals surface area contributed by atoms with Crippen LogP contribution in [0.3, 0.4) is 0 Å². The molecule has 3 rings (SSSR count). The summed E-state index contributed by atoms with van der Waals surface area (Å²) in [6.45, 7) is 13.6. The molecule has 0 bridgehead atoms. The van der Waals surface area contributed by atoms with Gasteiger partial charge < -0.3 is 24.6 Å². The van der Waals surface area contributed by atoms with Crippen molar-refractivity contribution in [3.63, 3.8) is 0 Å². The molecule has 0 aliphatic carbocycles. The number of esters is 2. The summed E-state index contributed by atoms with van der Waals surface area (Å²) in [5.41, 5.74) is -2.47. The number of carbonyl (C=O) groups excluding carboxylic acids is 4. The van der Waals surface area contributed by atoms with Gasteiger partial charge in [-0.25, -0.2) is 4.79 Å². The zero-order valence-corrected chi connectivity index (χ0v) is 25.3. The number of aliphatic hydroxyl groups excluding tert-OH is 1. The summed E-state index contributed by atoms with van der Waals surface area (Å²) in [5.74, 6) is -6.83. The number of carbonyl (C=O) groups is 4. The second-order valence-electron chi connectivity index (χ2n) is 12.4. The number of ether oxygens (including phenoxy) is 3. The predicted octanol–water partition coefficient (Wildman–Crippen LogP) is 2.86. The maximum Gasteiger partial charge on any atom is 0.408 e. The highest BCUT2D eigenvalue weighted by molar-refractivity contribution is 7.05. The van der Waals surface area contributed by atoms with E-state index in [1.807, 2.05) is 81.4 Å². The molecule has 40 heavy (non-hydrogen) atoms. The number of alkyl carbamates (subject to hydrolysis) is 1. The number of amides is 1. The number of aliphatic hydroxyl groups is 1. The molecule has 10 heteroatoms. The number of cyclic esters (lactones) is 2. The Bertz CT molecular complexity index is 1190. The average Bonchev–Trinajstić information content (AvgIpc) is 2.81. The molecule has 1 fully saturated rings. The lowest BCUT2D eigenvalue weighted by molar-refractivity contribution is -0.238. The molecule has 1 saturated heterocycles. The van der Waals surface area contributed by atoms with Crippen LogP contribution in [0.2, 0.25) is 5.04 Å². The fraction of sp³-hybridized carbons (Fsp3) is 0.467. The lowest BCUT2D eigenvalue weighted by atomic mass is 9.97. The molecule has 1 heterocycles. The van der Waals surface area contributed by atoms with Crippen LogP contribution in [0, 0.1) is 5.92 Å². The van der Waals surface area contributed by atoms with Crippen LogP contribution in [0.15, 0.2) is 60.7 Å². The lowest BCUT2D eigenvalue weighted by Crippen LogP contribution is -2.77. The molecule has 216 valence electrons. The monoisotopic (exact) mass is 569 g/mol. The third-order valence-corrected chi connectivity index (χ3v) is 12.9. The van der Waals surface area contributed by atoms with Crippen molar-refractivity contribution < 1.29 is 38.5 Å². The van der Waals surface area contributed by atoms with Gasteiger partial charge in [-0.1, -0.05) is 91.8 Å². The van der Waals surface area contributed by atoms with Gasteiger partial charge in [-0.3, -0.25) is 14.4 Å². The van der Waals surface area contributed by atoms with E-state index in [0.29, 0.717) is 0 Å². The summed E-state index contributed by atoms with van der Waals surface area (Å²) in [7, 11) is -3.48. The van der Waals surface area contributed by atoms with E-state index in [2.05, 4.69) is 5.32 Å². The second kappa shape index (κ2) is 11.2. The van der Waals surface area contributed by atoms with Gasteiger partial charge in [0.05, 0.1) is 5.73 Å². The van der Waals surface area contributed by atoms with E-state index in [0.717, 1.165) is 10.4 Å². The minimum absolute atomic E-state index is 0.640. The first-order valence-corrected chi connectivity index (χ1v) is 15.3. The fourth-order valence-electron chi connectivity index (χ4n) is 5.34. The first-order valence-electron chi connectivity index (χ1n) is 13.2. The quantitative estimate of drug-likeness (QED) is 0.296. The highest BCUT2D eigenvalue weighted by Crippen LogP contribution is 2.40. The Morgan fingerprint density at radius 1 is 0.875 bits per heavy atom. The van der Waals surface area contributed by atoms with Crippen LogP contribution in [0.25, 0.3) is 0 Å². The summed E-state index contributed by atoms with van der Waals surface area (Å²) >= 11 is 0. The molecule has 1 unspecified atom stereocenters. The van der Waals surface area contributed by atoms with Crippen LogP contribution in [-0.2, 0) is 28.6 Å². The fourth-order valence-corrected chi connectivity index (χ4v) is 11.2. The Kier molecular flexibility index (Phi) is 8.67. The molecule has 0 spiro atoms. The van der Waals surface area contributed by atoms with Crippen molar-refractivity contribution in [2.45, 2.75) is 83.6 Å². The van der Waals surface area contributed by atoms with Crippen LogP contribution in [0.5, 0.6) is 0 Å². The van der Waals surface area contributed by atoms with E-state index in [9.17, 15) is 24.3 Å². The molecule has 1 aliphatic heterocycles. The molecule has 0 radical (unpaired) electrons. The third-order valence-electron chi connectivity index (χ3n) is 6.83. The topological polar surface area (TPSA) is 128 Å². The number of ketones is 1. The molecule has 2 atom stereocenters. The van der Waals surface area contributed by atoms with Crippen molar-refractivity contribution >= 4 is 42.3 Å². The van der Waals surface area contributed by atoms with E-state index in [1.165, 1.54) is 13.8 Å². The van der Waals surface area contributed by atoms with Gasteiger partial charge in [-0.2, -0.15) is 0 Å². The van der Waals surface area contributed by atoms with E-state index < -0.39 is 66.0 Å². The minimum atomic E-state index is -3.48. The third kappa shape index (κ3) is 6.28. The summed E-state index contributed by atoms with van der Waals surface area (Å²) in [6.07, 6.45) is -0.985. The van der Waals surface area contributed by atoms with Gasteiger partial charge >= 0.3 is 18.0 Å². The van der Waals surface area contributed by atoms with E-state index in [4.69, 9.17) is 14.2 Å². The molecule has 2 aromatic carbocycles. The molecule has 0 saturated carbocycles. The largest absolute Gasteiger partial charge is 0.444 e. The first-order chi connectivity index (χ1) is 18.4. The van der Waals surface area contributed by atoms with Gasteiger partial charge in [0, 0.05) is 13.8 Å². The summed E-state index contributed by atoms with van der Waals surface area (Å²) in [4.78, 5) is 53.0. The minimum Gasteiger partial charge on any atom is -0.444 e. The molecular weight excluding hydrogens is 530 g/mol. The van der Waals surface area contributed by atoms with Crippen molar-refractivity contribution in [2.75, 3.05) is 0 Å². The van der Waals surface area contributed by atoms with Crippen molar-refractivity contribution in [3.05, 3.63) is 60.7 Å². The second-order valence-corrected chi connectivity index (χ2v) is 17.3. The number of hydrogen-bond donors (Lipinski definition) is 2. The molecule has 2 aromatic rings. The Morgan fingerprint density at radius 3 is 1.68 bits per heavy atom. The lowest BCUT2D eigenvalue weighted by Gasteiger charge is -2.49. The van der Waals surface area contributed by atoms with Crippen molar-refractivity contribution in [2.24, 2.45) is 5.92 Å². The summed E-state index contributed by atoms with van der Waals surface area (Å²) in [6, 6.07) is 16.9. The van der Waals surface area contributed by atoms with E-state index in [1.54, 1.807) is 20.8 Å². The predicted molar refractivity (Wildman–Crippen MR) is 152 cm³/mol. The first kappa shape index (κ1) is 31.0. The van der Waals surface area contributed by atoms with Crippen molar-refractivity contribution in [3.8, 4) is 0 Å². The molecule has 1 aliphatic rings. The maximum atomic E-state index is 14.1. The van der Waals surface area contributed by atoms with Gasteiger partial charge in [0.25, 0.3) is 5.79 Å². The number of hydrogen-bond acceptors (Lipinski definition) is 8. The maximum absolute atomic E-state index is 14.1. The van der Waals surface area contributed by atoms with Gasteiger partial charge in [0.15, 0.2) is 13.9 Å². The van der Waals surface area contributed by atoms with Crippen molar-refractivity contribution in [1.82, 2.24) is 5.32 Å². The van der Waals surface area contributed by atoms with Crippen LogP contribution < -0.4 is 15.7 Å². The molecular formula is C30H39NO8Si. The molecule has 0 aromatic heterocycles. The molecule has 2 N–H and O–H groups in total. The number of nitrogens with one attached hydrogen (secondary N) is 1. The number of benzene rings is 2. The highest BCUT2D eigenvalue weighted by Gasteiger charge is 2.59. The Hall–Kier alpha value is -3.50. The number of rotatable bonds is 7. The zero-order valence-electron chi connectivity index (χ0n) is 24.3. The summed E-state index contributed by atoms with van der Waals surface area (Å²) < 4.78 is 15.8. The van der Waals surface area contributed by atoms with Crippen LogP contribution in [-0.4, -0.2) is 60.2 Å². The Labute approximate surface area is 236 Å². The van der Waals surface area contributed by atoms with E-state index in [-0.39, 0.29) is 0 Å². The summed E-state index contributed by atoms with van der Waals surface area (Å²) in [5, 5.41) is 15.9. The highest BCUT2D eigenvalue weighted by atomic mass is 28.3. The SMILES string of the molecule is CC(C)(C)OC(=O)N[C@H](C(=O)C1C(=O)OC(C)(C)OC1=O)C(O)[Si](c1ccccc1)(c1ccccc1)C(C)(C)C. The Morgan fingerprint density at radius 2 is 1.30 bits per heavy atom. The smallest absolute Gasteiger partial charge is 0.408 e. The van der Waals surface area contributed by atoms with Gasteiger partial charge in [0.2, 0.25) is 5.92 Å². The standard InChI is InChI=1S/C30H39NO8Si/c1-28(2,3)39-27(36)31-22(23(32)21-24(33)37-30(7,8)38-25(21)34)26(35)40(29(4,5)6,19-15-11-9-12-16-19)20-17-13-10-14-18-20/h9-18,21-22,26,35H,1-8H3,(H,31,36)/t22-,26?/m1/s1. The molecule has 1 amide bonds. The van der Waals surface area contributed by atoms with Crippen LogP contribution in [0.4, 0.5) is 4.79 Å². The zero-order chi connectivity index (χ0) is 30.1. The van der Waals surface area contributed by atoms with E-state index >= 15 is 0 Å². The van der Waals surface area contributed by atoms with Gasteiger partial charge in [0.1, 0.15) is 11.6 Å². The van der Waals surface area contributed by atoms with Gasteiger partial charge in [-0.15, -0.1) is 0 Å². The van der Waals surface area contributed by atoms with Crippen LogP contribution >= 0.6 is 0 Å².